The van der Waals surface area contributed by atoms with Crippen molar-refractivity contribution in [3.63, 3.8) is 0 Å². The Morgan fingerprint density at radius 1 is 0.469 bits per heavy atom. The van der Waals surface area contributed by atoms with E-state index in [0.29, 0.717) is 19.3 Å². The second kappa shape index (κ2) is 51.5. The zero-order valence-electron chi connectivity index (χ0n) is 42.4. The summed E-state index contributed by atoms with van der Waals surface area (Å²) in [7, 11) is 0. The first-order valence-electron chi connectivity index (χ1n) is 27.6. The summed E-state index contributed by atoms with van der Waals surface area (Å²) in [5.74, 6) is -0.523. The number of aliphatic hydroxyl groups excluding tert-OH is 2. The van der Waals surface area contributed by atoms with Crippen molar-refractivity contribution < 1.29 is 24.5 Å². The molecule has 0 aromatic carbocycles. The Labute approximate surface area is 397 Å². The van der Waals surface area contributed by atoms with Crippen LogP contribution in [0.15, 0.2) is 60.8 Å². The van der Waals surface area contributed by atoms with E-state index in [-0.39, 0.29) is 24.9 Å². The predicted molar refractivity (Wildman–Crippen MR) is 278 cm³/mol. The van der Waals surface area contributed by atoms with Gasteiger partial charge in [-0.1, -0.05) is 248 Å². The van der Waals surface area contributed by atoms with Crippen molar-refractivity contribution in [2.75, 3.05) is 6.61 Å². The summed E-state index contributed by atoms with van der Waals surface area (Å²) < 4.78 is 5.92. The number of amides is 1. The quantitative estimate of drug-likeness (QED) is 0.0321. The van der Waals surface area contributed by atoms with Gasteiger partial charge in [-0.3, -0.25) is 9.59 Å². The fourth-order valence-electron chi connectivity index (χ4n) is 8.25. The predicted octanol–water partition coefficient (Wildman–Crippen LogP) is 16.8. The monoisotopic (exact) mass is 896 g/mol. The number of carbonyl (C=O) groups is 2. The average Bonchev–Trinajstić information content (AvgIpc) is 3.29. The Bertz CT molecular complexity index is 1140. The lowest BCUT2D eigenvalue weighted by Gasteiger charge is -2.24. The van der Waals surface area contributed by atoms with E-state index in [1.807, 2.05) is 12.2 Å². The van der Waals surface area contributed by atoms with Gasteiger partial charge in [-0.25, -0.2) is 0 Å². The van der Waals surface area contributed by atoms with Gasteiger partial charge in [0.1, 0.15) is 6.10 Å². The van der Waals surface area contributed by atoms with Crippen LogP contribution in [0.1, 0.15) is 271 Å². The third-order valence-corrected chi connectivity index (χ3v) is 12.4. The van der Waals surface area contributed by atoms with E-state index in [0.717, 1.165) is 89.9 Å². The molecule has 3 N–H and O–H groups in total. The number of unbranched alkanes of at least 4 members (excludes halogenated alkanes) is 30. The lowest BCUT2D eigenvalue weighted by molar-refractivity contribution is -0.151. The zero-order chi connectivity index (χ0) is 46.7. The van der Waals surface area contributed by atoms with Gasteiger partial charge in [0.05, 0.1) is 25.2 Å². The molecule has 0 spiro atoms. The summed E-state index contributed by atoms with van der Waals surface area (Å²) in [6.07, 6.45) is 64.3. The molecule has 0 radical (unpaired) electrons. The summed E-state index contributed by atoms with van der Waals surface area (Å²) >= 11 is 0. The van der Waals surface area contributed by atoms with Gasteiger partial charge in [-0.2, -0.15) is 0 Å². The fourth-order valence-corrected chi connectivity index (χ4v) is 8.25. The normalized spacial score (nSPS) is 13.6. The Balaban J connectivity index is 4.52. The van der Waals surface area contributed by atoms with Crippen LogP contribution in [0.4, 0.5) is 0 Å². The summed E-state index contributed by atoms with van der Waals surface area (Å²) in [4.78, 5) is 26.2. The van der Waals surface area contributed by atoms with Crippen LogP contribution in [0, 0.1) is 0 Å². The topological polar surface area (TPSA) is 95.9 Å². The Morgan fingerprint density at radius 3 is 1.30 bits per heavy atom. The molecular weight excluding hydrogens is 791 g/mol. The smallest absolute Gasteiger partial charge is 0.306 e. The summed E-state index contributed by atoms with van der Waals surface area (Å²) in [5, 5.41) is 23.8. The molecule has 0 aromatic rings. The van der Waals surface area contributed by atoms with Crippen molar-refractivity contribution in [1.82, 2.24) is 5.32 Å². The maximum atomic E-state index is 13.2. The van der Waals surface area contributed by atoms with Crippen LogP contribution in [0.3, 0.4) is 0 Å². The molecule has 0 saturated heterocycles. The van der Waals surface area contributed by atoms with E-state index in [4.69, 9.17) is 4.74 Å². The van der Waals surface area contributed by atoms with Crippen molar-refractivity contribution in [2.45, 2.75) is 289 Å². The molecule has 0 aromatic heterocycles. The first-order chi connectivity index (χ1) is 31.5. The van der Waals surface area contributed by atoms with Crippen LogP contribution in [0.25, 0.3) is 0 Å². The van der Waals surface area contributed by atoms with Gasteiger partial charge < -0.3 is 20.3 Å². The molecular formula is C58H105NO5. The first-order valence-corrected chi connectivity index (χ1v) is 27.6. The number of ether oxygens (including phenoxy) is 1. The molecule has 0 saturated carbocycles. The second-order valence-corrected chi connectivity index (χ2v) is 18.7. The Hall–Kier alpha value is -2.44. The number of esters is 1. The van der Waals surface area contributed by atoms with Gasteiger partial charge >= 0.3 is 5.97 Å². The number of rotatable bonds is 49. The molecule has 3 atom stereocenters. The molecule has 0 rings (SSSR count). The van der Waals surface area contributed by atoms with Crippen LogP contribution in [0.5, 0.6) is 0 Å². The average molecular weight is 896 g/mol. The van der Waals surface area contributed by atoms with Crippen molar-refractivity contribution in [3.05, 3.63) is 60.8 Å². The Kier molecular flexibility index (Phi) is 49.6. The molecule has 0 aliphatic heterocycles. The molecule has 3 unspecified atom stereocenters. The van der Waals surface area contributed by atoms with Crippen LogP contribution in [-0.2, 0) is 14.3 Å². The minimum absolute atomic E-state index is 0.0474. The van der Waals surface area contributed by atoms with Crippen LogP contribution in [0.2, 0.25) is 0 Å². The first kappa shape index (κ1) is 61.6. The van der Waals surface area contributed by atoms with Crippen molar-refractivity contribution in [2.24, 2.45) is 0 Å². The fraction of sp³-hybridized carbons (Fsp3) is 0.793. The summed E-state index contributed by atoms with van der Waals surface area (Å²) in [6, 6.07) is -0.717. The largest absolute Gasteiger partial charge is 0.462 e. The van der Waals surface area contributed by atoms with E-state index >= 15 is 0 Å². The van der Waals surface area contributed by atoms with Gasteiger partial charge in [0.2, 0.25) is 5.91 Å². The standard InChI is InChI=1S/C58H105NO5/c1-4-7-10-13-16-19-22-24-26-28-29-31-33-36-39-42-45-48-51-58(63)64-54(49-46-43-40-37-34-21-18-15-12-9-6-3)52-57(62)59-55(53-60)56(61)50-47-44-41-38-35-32-30-27-25-23-20-17-14-11-8-5-2/h9,12,15,18,21,26,28-29,31,34,54-56,60-61H,4-8,10-11,13-14,16-17,19-20,22-25,27,30,32-33,35-53H2,1-3H3,(H,59,62)/b12-9+,18-15+,28-26+,31-29+,34-21-. The number of carbonyl (C=O) groups excluding carboxylic acids is 2. The molecule has 6 heteroatoms. The van der Waals surface area contributed by atoms with E-state index in [9.17, 15) is 19.8 Å². The zero-order valence-corrected chi connectivity index (χ0v) is 42.4. The number of hydrogen-bond acceptors (Lipinski definition) is 5. The molecule has 0 heterocycles. The molecule has 0 aliphatic carbocycles. The van der Waals surface area contributed by atoms with Gasteiger partial charge in [0.15, 0.2) is 0 Å². The van der Waals surface area contributed by atoms with Crippen LogP contribution < -0.4 is 5.32 Å². The van der Waals surface area contributed by atoms with Crippen molar-refractivity contribution in [3.8, 4) is 0 Å². The van der Waals surface area contributed by atoms with E-state index < -0.39 is 18.2 Å². The molecule has 6 nitrogen and oxygen atoms in total. The van der Waals surface area contributed by atoms with Crippen molar-refractivity contribution >= 4 is 11.9 Å². The number of allylic oxidation sites excluding steroid dienone is 10. The molecule has 1 amide bonds. The van der Waals surface area contributed by atoms with E-state index in [1.165, 1.54) is 135 Å². The minimum Gasteiger partial charge on any atom is -0.462 e. The number of hydrogen-bond donors (Lipinski definition) is 3. The van der Waals surface area contributed by atoms with Gasteiger partial charge in [-0.15, -0.1) is 0 Å². The molecule has 0 aliphatic rings. The molecule has 372 valence electrons. The van der Waals surface area contributed by atoms with Crippen LogP contribution in [-0.4, -0.2) is 46.9 Å². The molecule has 64 heavy (non-hydrogen) atoms. The number of aliphatic hydroxyl groups is 2. The maximum Gasteiger partial charge on any atom is 0.306 e. The van der Waals surface area contributed by atoms with E-state index in [2.05, 4.69) is 74.7 Å². The Morgan fingerprint density at radius 2 is 0.844 bits per heavy atom. The van der Waals surface area contributed by atoms with Crippen molar-refractivity contribution in [1.29, 1.82) is 0 Å². The molecule has 0 bridgehead atoms. The highest BCUT2D eigenvalue weighted by atomic mass is 16.5. The van der Waals surface area contributed by atoms with Crippen LogP contribution >= 0.6 is 0 Å². The highest BCUT2D eigenvalue weighted by Crippen LogP contribution is 2.18. The highest BCUT2D eigenvalue weighted by molar-refractivity contribution is 5.77. The lowest BCUT2D eigenvalue weighted by Crippen LogP contribution is -2.46. The molecule has 0 fully saturated rings. The summed E-state index contributed by atoms with van der Waals surface area (Å²) in [6.45, 7) is 6.35. The maximum absolute atomic E-state index is 13.2. The van der Waals surface area contributed by atoms with Gasteiger partial charge in [0.25, 0.3) is 0 Å². The SMILES string of the molecule is CC/C=C/C=C/C=C\CCCCCC(CC(=O)NC(CO)C(O)CCCCCCCCCCCCCCCCCC)OC(=O)CCCCCCC/C=C/C=C/CCCCCCCCC. The summed E-state index contributed by atoms with van der Waals surface area (Å²) in [5.41, 5.74) is 0. The van der Waals surface area contributed by atoms with Gasteiger partial charge in [-0.05, 0) is 70.6 Å². The second-order valence-electron chi connectivity index (χ2n) is 18.7. The highest BCUT2D eigenvalue weighted by Gasteiger charge is 2.24. The van der Waals surface area contributed by atoms with Gasteiger partial charge in [0, 0.05) is 6.42 Å². The lowest BCUT2D eigenvalue weighted by atomic mass is 10.0. The third-order valence-electron chi connectivity index (χ3n) is 12.4. The van der Waals surface area contributed by atoms with E-state index in [1.54, 1.807) is 0 Å². The number of nitrogens with one attached hydrogen (secondary N) is 1. The third kappa shape index (κ3) is 46.1. The minimum atomic E-state index is -0.801.